The second-order valence-corrected chi connectivity index (χ2v) is 9.80. The van der Waals surface area contributed by atoms with Crippen molar-refractivity contribution in [3.8, 4) is 0 Å². The molecule has 0 aliphatic rings. The van der Waals surface area contributed by atoms with Crippen molar-refractivity contribution in [2.24, 2.45) is 0 Å². The Morgan fingerprint density at radius 1 is 0.889 bits per heavy atom. The van der Waals surface area contributed by atoms with Crippen LogP contribution < -0.4 is 14.7 Å². The summed E-state index contributed by atoms with van der Waals surface area (Å²) < 4.78 is 2.49. The molecular weight excluding hydrogens is 362 g/mol. The number of nitro groups is 1. The summed E-state index contributed by atoms with van der Waals surface area (Å²) in [6, 6.07) is 14.7. The van der Waals surface area contributed by atoms with Gasteiger partial charge in [0.25, 0.3) is 0 Å². The predicted octanol–water partition coefficient (Wildman–Crippen LogP) is 0.451. The molecule has 0 aliphatic heterocycles. The molecule has 0 spiro atoms. The first kappa shape index (κ1) is 13.1. The van der Waals surface area contributed by atoms with Crippen LogP contribution in [0.2, 0.25) is 0 Å². The standard InChI is InChI=1S/C12H10N2O2Se2/c13-9-1-5-11(6-2-9)17-18-12-7-3-10(4-8-12)14(15)16/h1-8H,13H2. The van der Waals surface area contributed by atoms with Gasteiger partial charge in [-0.1, -0.05) is 0 Å². The van der Waals surface area contributed by atoms with E-state index in [0.29, 0.717) is 26.3 Å². The van der Waals surface area contributed by atoms with Gasteiger partial charge in [0.05, 0.1) is 0 Å². The van der Waals surface area contributed by atoms with Crippen LogP contribution in [0.3, 0.4) is 0 Å². The van der Waals surface area contributed by atoms with Crippen LogP contribution in [-0.2, 0) is 0 Å². The maximum absolute atomic E-state index is 10.5. The molecular formula is C12H10N2O2Se2. The first-order valence-corrected chi connectivity index (χ1v) is 11.1. The number of nitrogen functional groups attached to an aromatic ring is 1. The summed E-state index contributed by atoms with van der Waals surface area (Å²) in [7, 11) is 0. The second-order valence-electron chi connectivity index (χ2n) is 3.49. The number of nitrogens with zero attached hydrogens (tertiary/aromatic N) is 1. The van der Waals surface area contributed by atoms with Gasteiger partial charge in [-0.2, -0.15) is 0 Å². The van der Waals surface area contributed by atoms with Gasteiger partial charge in [-0.3, -0.25) is 0 Å². The molecule has 4 nitrogen and oxygen atoms in total. The van der Waals surface area contributed by atoms with Crippen molar-refractivity contribution in [3.05, 3.63) is 58.6 Å². The molecule has 0 saturated heterocycles. The zero-order valence-corrected chi connectivity index (χ0v) is 12.7. The van der Waals surface area contributed by atoms with Crippen LogP contribution >= 0.6 is 0 Å². The van der Waals surface area contributed by atoms with E-state index in [2.05, 4.69) is 0 Å². The molecule has 0 saturated carbocycles. The molecule has 2 rings (SSSR count). The number of rotatable bonds is 4. The van der Waals surface area contributed by atoms with E-state index in [-0.39, 0.29) is 10.6 Å². The molecule has 0 aromatic heterocycles. The Balaban J connectivity index is 1.97. The van der Waals surface area contributed by atoms with Crippen LogP contribution in [0.4, 0.5) is 11.4 Å². The van der Waals surface area contributed by atoms with Crippen molar-refractivity contribution >= 4 is 46.6 Å². The average molecular weight is 372 g/mol. The Morgan fingerprint density at radius 2 is 1.33 bits per heavy atom. The number of benzene rings is 2. The van der Waals surface area contributed by atoms with Crippen molar-refractivity contribution in [3.63, 3.8) is 0 Å². The molecule has 6 heteroatoms. The third kappa shape index (κ3) is 3.59. The van der Waals surface area contributed by atoms with Gasteiger partial charge in [-0.15, -0.1) is 0 Å². The molecule has 2 N–H and O–H groups in total. The monoisotopic (exact) mass is 374 g/mol. The third-order valence-corrected chi connectivity index (χ3v) is 9.39. The fraction of sp³-hybridized carbons (Fsp3) is 0. The van der Waals surface area contributed by atoms with Crippen molar-refractivity contribution in [1.29, 1.82) is 0 Å². The summed E-state index contributed by atoms with van der Waals surface area (Å²) in [6.45, 7) is 0. The molecule has 0 unspecified atom stereocenters. The van der Waals surface area contributed by atoms with E-state index >= 15 is 0 Å². The Hall–Kier alpha value is -1.32. The Morgan fingerprint density at radius 3 is 1.78 bits per heavy atom. The Kier molecular flexibility index (Phi) is 4.39. The van der Waals surface area contributed by atoms with Crippen LogP contribution in [0.5, 0.6) is 0 Å². The van der Waals surface area contributed by atoms with Gasteiger partial charge in [0, 0.05) is 0 Å². The fourth-order valence-electron chi connectivity index (χ4n) is 1.24. The Labute approximate surface area is 116 Å². The van der Waals surface area contributed by atoms with Gasteiger partial charge < -0.3 is 0 Å². The molecule has 2 aromatic rings. The van der Waals surface area contributed by atoms with E-state index in [9.17, 15) is 10.1 Å². The summed E-state index contributed by atoms with van der Waals surface area (Å²) >= 11 is 0.731. The van der Waals surface area contributed by atoms with E-state index in [0.717, 1.165) is 5.69 Å². The van der Waals surface area contributed by atoms with E-state index < -0.39 is 0 Å². The molecule has 0 bridgehead atoms. The first-order valence-electron chi connectivity index (χ1n) is 5.10. The number of hydrogen-bond acceptors (Lipinski definition) is 3. The van der Waals surface area contributed by atoms with Gasteiger partial charge >= 0.3 is 116 Å². The number of non-ortho nitro benzene ring substituents is 1. The normalized spacial score (nSPS) is 10.2. The summed E-state index contributed by atoms with van der Waals surface area (Å²) in [6.07, 6.45) is 0. The first-order chi connectivity index (χ1) is 8.65. The molecule has 0 radical (unpaired) electrons. The average Bonchev–Trinajstić information content (AvgIpc) is 2.38. The van der Waals surface area contributed by atoms with Crippen molar-refractivity contribution < 1.29 is 4.92 Å². The van der Waals surface area contributed by atoms with Crippen molar-refractivity contribution in [1.82, 2.24) is 0 Å². The molecule has 2 aromatic carbocycles. The molecule has 0 heterocycles. The van der Waals surface area contributed by atoms with Gasteiger partial charge in [0.2, 0.25) is 0 Å². The summed E-state index contributed by atoms with van der Waals surface area (Å²) in [4.78, 5) is 10.2. The zero-order valence-electron chi connectivity index (χ0n) is 9.28. The van der Waals surface area contributed by atoms with E-state index in [4.69, 9.17) is 5.73 Å². The summed E-state index contributed by atoms with van der Waals surface area (Å²) in [5.74, 6) is 0. The molecule has 92 valence electrons. The quantitative estimate of drug-likeness (QED) is 0.367. The zero-order chi connectivity index (χ0) is 13.0. The number of anilines is 1. The van der Waals surface area contributed by atoms with E-state index in [1.165, 1.54) is 8.92 Å². The van der Waals surface area contributed by atoms with Crippen LogP contribution in [0, 0.1) is 10.1 Å². The molecule has 0 atom stereocenters. The maximum atomic E-state index is 10.5. The topological polar surface area (TPSA) is 69.2 Å². The molecule has 0 fully saturated rings. The minimum absolute atomic E-state index is 0.148. The molecule has 0 aliphatic carbocycles. The predicted molar refractivity (Wildman–Crippen MR) is 74.7 cm³/mol. The van der Waals surface area contributed by atoms with E-state index in [1.807, 2.05) is 36.4 Å². The van der Waals surface area contributed by atoms with Crippen LogP contribution in [-0.4, -0.2) is 31.2 Å². The molecule has 18 heavy (non-hydrogen) atoms. The van der Waals surface area contributed by atoms with Gasteiger partial charge in [0.15, 0.2) is 0 Å². The molecule has 0 amide bonds. The van der Waals surface area contributed by atoms with Crippen molar-refractivity contribution in [2.75, 3.05) is 5.73 Å². The van der Waals surface area contributed by atoms with Crippen LogP contribution in [0.25, 0.3) is 0 Å². The van der Waals surface area contributed by atoms with E-state index in [1.54, 1.807) is 12.1 Å². The number of nitrogens with two attached hydrogens (primary N) is 1. The number of hydrogen-bond donors (Lipinski definition) is 1. The van der Waals surface area contributed by atoms with Crippen LogP contribution in [0.15, 0.2) is 48.5 Å². The number of nitro benzene ring substituents is 1. The second kappa shape index (κ2) is 6.03. The van der Waals surface area contributed by atoms with Crippen LogP contribution in [0.1, 0.15) is 0 Å². The third-order valence-electron chi connectivity index (χ3n) is 2.16. The summed E-state index contributed by atoms with van der Waals surface area (Å²) in [5, 5.41) is 10.5. The Bertz CT molecular complexity index is 541. The van der Waals surface area contributed by atoms with Gasteiger partial charge in [-0.25, -0.2) is 0 Å². The minimum atomic E-state index is -0.373. The summed E-state index contributed by atoms with van der Waals surface area (Å²) in [5.41, 5.74) is 6.55. The fourth-order valence-corrected chi connectivity index (χ4v) is 7.20. The van der Waals surface area contributed by atoms with Gasteiger partial charge in [0.1, 0.15) is 0 Å². The van der Waals surface area contributed by atoms with Gasteiger partial charge in [-0.05, 0) is 0 Å². The SMILES string of the molecule is Nc1ccc([Se][Se]c2ccc([N+](=O)[O-])cc2)cc1. The van der Waals surface area contributed by atoms with Crippen molar-refractivity contribution in [2.45, 2.75) is 0 Å².